The molecule has 2 aliphatic rings. The zero-order chi connectivity index (χ0) is 26.9. The smallest absolute Gasteiger partial charge is 0.336 e. The summed E-state index contributed by atoms with van der Waals surface area (Å²) in [5.74, 6) is -2.85. The molecule has 0 radical (unpaired) electrons. The Morgan fingerprint density at radius 2 is 1.66 bits per heavy atom. The van der Waals surface area contributed by atoms with Crippen LogP contribution in [0.15, 0.2) is 48.5 Å². The third kappa shape index (κ3) is 5.07. The van der Waals surface area contributed by atoms with Crippen molar-refractivity contribution in [2.24, 2.45) is 11.8 Å². The van der Waals surface area contributed by atoms with Gasteiger partial charge < -0.3 is 25.2 Å². The average molecular weight is 544 g/mol. The SMILES string of the molecule is COc1cc(C(=O)O)cc(OCC(C2CCCCC2)C2(c3ccc(Cl)cc3)Nc3cc(F)c(F)cc3N2)n1. The number of nitrogens with zero attached hydrogens (tertiary/aromatic N) is 1. The minimum absolute atomic E-state index is 0.0102. The van der Waals surface area contributed by atoms with Crippen LogP contribution >= 0.6 is 11.6 Å². The molecular formula is C28H28ClF2N3O4. The number of anilines is 2. The van der Waals surface area contributed by atoms with E-state index in [1.807, 2.05) is 12.1 Å². The van der Waals surface area contributed by atoms with Crippen LogP contribution in [0.2, 0.25) is 5.02 Å². The Hall–Kier alpha value is -3.59. The van der Waals surface area contributed by atoms with Crippen molar-refractivity contribution >= 4 is 28.9 Å². The molecule has 1 fully saturated rings. The quantitative estimate of drug-likeness (QED) is 0.291. The fourth-order valence-electron chi connectivity index (χ4n) is 5.58. The molecule has 200 valence electrons. The summed E-state index contributed by atoms with van der Waals surface area (Å²) >= 11 is 6.20. The van der Waals surface area contributed by atoms with Crippen LogP contribution in [0.25, 0.3) is 0 Å². The predicted octanol–water partition coefficient (Wildman–Crippen LogP) is 6.69. The number of rotatable bonds is 8. The lowest BCUT2D eigenvalue weighted by Gasteiger charge is -2.44. The summed E-state index contributed by atoms with van der Waals surface area (Å²) in [6.07, 6.45) is 5.12. The van der Waals surface area contributed by atoms with Crippen LogP contribution in [-0.4, -0.2) is 29.8 Å². The third-order valence-corrected chi connectivity index (χ3v) is 7.70. The lowest BCUT2D eigenvalue weighted by atomic mass is 9.72. The highest BCUT2D eigenvalue weighted by Crippen LogP contribution is 2.49. The van der Waals surface area contributed by atoms with Crippen molar-refractivity contribution < 1.29 is 28.2 Å². The summed E-state index contributed by atoms with van der Waals surface area (Å²) < 4.78 is 39.8. The lowest BCUT2D eigenvalue weighted by Crippen LogP contribution is -2.51. The number of carbonyl (C=O) groups is 1. The molecule has 3 N–H and O–H groups in total. The van der Waals surface area contributed by atoms with Crippen molar-refractivity contribution in [3.63, 3.8) is 0 Å². The first-order valence-corrected chi connectivity index (χ1v) is 12.9. The number of benzene rings is 2. The number of halogens is 3. The maximum absolute atomic E-state index is 14.2. The highest BCUT2D eigenvalue weighted by molar-refractivity contribution is 6.30. The number of carboxylic acids is 1. The van der Waals surface area contributed by atoms with E-state index < -0.39 is 23.3 Å². The Labute approximate surface area is 224 Å². The highest BCUT2D eigenvalue weighted by Gasteiger charge is 2.49. The zero-order valence-electron chi connectivity index (χ0n) is 20.8. The molecule has 2 aromatic carbocycles. The van der Waals surface area contributed by atoms with Crippen LogP contribution in [0, 0.1) is 23.5 Å². The monoisotopic (exact) mass is 543 g/mol. The van der Waals surface area contributed by atoms with Crippen LogP contribution < -0.4 is 20.1 Å². The number of hydrogen-bond donors (Lipinski definition) is 3. The molecule has 1 aliphatic heterocycles. The molecule has 0 bridgehead atoms. The van der Waals surface area contributed by atoms with E-state index in [9.17, 15) is 18.7 Å². The molecule has 7 nitrogen and oxygen atoms in total. The van der Waals surface area contributed by atoms with E-state index in [0.29, 0.717) is 16.4 Å². The van der Waals surface area contributed by atoms with Gasteiger partial charge in [-0.15, -0.1) is 0 Å². The number of aromatic nitrogens is 1. The summed E-state index contributed by atoms with van der Waals surface area (Å²) in [4.78, 5) is 15.9. The Kier molecular flexibility index (Phi) is 7.29. The van der Waals surface area contributed by atoms with E-state index in [4.69, 9.17) is 21.1 Å². The van der Waals surface area contributed by atoms with Gasteiger partial charge in [0, 0.05) is 35.2 Å². The second kappa shape index (κ2) is 10.6. The summed E-state index contributed by atoms with van der Waals surface area (Å²) in [7, 11) is 1.40. The normalized spacial score (nSPS) is 17.2. The van der Waals surface area contributed by atoms with E-state index in [-0.39, 0.29) is 35.8 Å². The number of nitrogens with one attached hydrogen (secondary N) is 2. The van der Waals surface area contributed by atoms with Crippen LogP contribution in [-0.2, 0) is 5.66 Å². The molecule has 1 aromatic heterocycles. The molecule has 1 atom stereocenters. The van der Waals surface area contributed by atoms with Crippen molar-refractivity contribution in [2.75, 3.05) is 24.4 Å². The van der Waals surface area contributed by atoms with E-state index >= 15 is 0 Å². The first kappa shape index (κ1) is 26.0. The van der Waals surface area contributed by atoms with E-state index in [1.54, 1.807) is 12.1 Å². The van der Waals surface area contributed by atoms with Gasteiger partial charge >= 0.3 is 5.97 Å². The number of hydrogen-bond acceptors (Lipinski definition) is 6. The fourth-order valence-corrected chi connectivity index (χ4v) is 5.70. The van der Waals surface area contributed by atoms with Gasteiger partial charge in [-0.3, -0.25) is 0 Å². The molecule has 38 heavy (non-hydrogen) atoms. The van der Waals surface area contributed by atoms with Crippen molar-refractivity contribution in [3.05, 3.63) is 76.3 Å². The van der Waals surface area contributed by atoms with Gasteiger partial charge in [-0.05, 0) is 36.5 Å². The van der Waals surface area contributed by atoms with Gasteiger partial charge in [0.15, 0.2) is 11.6 Å². The summed E-state index contributed by atoms with van der Waals surface area (Å²) in [5, 5.41) is 17.0. The topological polar surface area (TPSA) is 92.7 Å². The summed E-state index contributed by atoms with van der Waals surface area (Å²) in [6.45, 7) is 0.144. The van der Waals surface area contributed by atoms with Gasteiger partial charge in [-0.25, -0.2) is 13.6 Å². The fraction of sp³-hybridized carbons (Fsp3) is 0.357. The minimum atomic E-state index is -1.13. The van der Waals surface area contributed by atoms with Crippen molar-refractivity contribution in [2.45, 2.75) is 37.8 Å². The zero-order valence-corrected chi connectivity index (χ0v) is 21.5. The van der Waals surface area contributed by atoms with Crippen LogP contribution in [0.1, 0.15) is 48.0 Å². The first-order valence-electron chi connectivity index (χ1n) is 12.5. The molecule has 5 rings (SSSR count). The van der Waals surface area contributed by atoms with Crippen molar-refractivity contribution in [3.8, 4) is 11.8 Å². The summed E-state index contributed by atoms with van der Waals surface area (Å²) in [5.41, 5.74) is 0.704. The van der Waals surface area contributed by atoms with Gasteiger partial charge in [0.1, 0.15) is 5.66 Å². The average Bonchev–Trinajstić information content (AvgIpc) is 3.28. The Balaban J connectivity index is 1.57. The Morgan fingerprint density at radius 1 is 1.05 bits per heavy atom. The Morgan fingerprint density at radius 3 is 2.24 bits per heavy atom. The molecule has 1 saturated carbocycles. The number of carboxylic acid groups (broad SMARTS) is 1. The van der Waals surface area contributed by atoms with Crippen molar-refractivity contribution in [1.82, 2.24) is 4.98 Å². The number of aromatic carboxylic acids is 1. The number of pyridine rings is 1. The van der Waals surface area contributed by atoms with Crippen molar-refractivity contribution in [1.29, 1.82) is 0 Å². The molecule has 10 heteroatoms. The van der Waals surface area contributed by atoms with Gasteiger partial charge in [-0.2, -0.15) is 4.98 Å². The van der Waals surface area contributed by atoms with Gasteiger partial charge in [0.25, 0.3) is 0 Å². The first-order chi connectivity index (χ1) is 18.3. The van der Waals surface area contributed by atoms with E-state index in [1.165, 1.54) is 19.2 Å². The molecule has 0 spiro atoms. The molecule has 1 aliphatic carbocycles. The lowest BCUT2D eigenvalue weighted by molar-refractivity contribution is 0.0694. The third-order valence-electron chi connectivity index (χ3n) is 7.44. The van der Waals surface area contributed by atoms with Crippen LogP contribution in [0.3, 0.4) is 0 Å². The van der Waals surface area contributed by atoms with Gasteiger partial charge in [0.2, 0.25) is 11.8 Å². The van der Waals surface area contributed by atoms with E-state index in [0.717, 1.165) is 49.8 Å². The maximum Gasteiger partial charge on any atom is 0.336 e. The van der Waals surface area contributed by atoms with Crippen LogP contribution in [0.5, 0.6) is 11.8 Å². The molecule has 3 aromatic rings. The maximum atomic E-state index is 14.2. The molecule has 2 heterocycles. The molecule has 1 unspecified atom stereocenters. The van der Waals surface area contributed by atoms with E-state index in [2.05, 4.69) is 15.6 Å². The number of ether oxygens (including phenoxy) is 2. The van der Waals surface area contributed by atoms with Gasteiger partial charge in [0.05, 0.1) is 30.7 Å². The predicted molar refractivity (Wildman–Crippen MR) is 140 cm³/mol. The second-order valence-corrected chi connectivity index (χ2v) is 10.2. The second-order valence-electron chi connectivity index (χ2n) is 9.73. The minimum Gasteiger partial charge on any atom is -0.481 e. The Bertz CT molecular complexity index is 1300. The summed E-state index contributed by atoms with van der Waals surface area (Å²) in [6, 6.07) is 12.3. The highest BCUT2D eigenvalue weighted by atomic mass is 35.5. The standard InChI is InChI=1S/C28H28ClF2N3O4/c1-37-25-11-17(27(35)36)12-26(32-25)38-15-20(16-5-3-2-4-6-16)28(18-7-9-19(29)10-8-18)33-23-13-21(30)22(31)14-24(23)34-28/h7-14,16,20,33-34H,2-6,15H2,1H3,(H,35,36). The number of fused-ring (bicyclic) bond motifs is 1. The number of methoxy groups -OCH3 is 1. The van der Waals surface area contributed by atoms with Crippen LogP contribution in [0.4, 0.5) is 20.2 Å². The van der Waals surface area contributed by atoms with Gasteiger partial charge in [-0.1, -0.05) is 43.0 Å². The molecular weight excluding hydrogens is 516 g/mol. The molecule has 0 saturated heterocycles. The molecule has 0 amide bonds. The largest absolute Gasteiger partial charge is 0.481 e.